The van der Waals surface area contributed by atoms with Gasteiger partial charge in [-0.2, -0.15) is 5.10 Å². The molecule has 0 saturated carbocycles. The average molecular weight is 383 g/mol. The molecular formula is C20H19ClN4O2. The number of hydrogen-bond donors (Lipinski definition) is 2. The van der Waals surface area contributed by atoms with Gasteiger partial charge in [0.25, 0.3) is 5.91 Å². The highest BCUT2D eigenvalue weighted by Gasteiger charge is 2.18. The predicted molar refractivity (Wildman–Crippen MR) is 107 cm³/mol. The predicted octanol–water partition coefficient (Wildman–Crippen LogP) is 3.92. The highest BCUT2D eigenvalue weighted by atomic mass is 35.5. The molecule has 0 atom stereocenters. The van der Waals surface area contributed by atoms with Crippen molar-refractivity contribution in [2.45, 2.75) is 13.8 Å². The monoisotopic (exact) mass is 382 g/mol. The van der Waals surface area contributed by atoms with Gasteiger partial charge in [-0.3, -0.25) is 9.59 Å². The van der Waals surface area contributed by atoms with E-state index in [0.29, 0.717) is 22.6 Å². The van der Waals surface area contributed by atoms with Crippen LogP contribution in [0.1, 0.15) is 21.7 Å². The van der Waals surface area contributed by atoms with Gasteiger partial charge < -0.3 is 10.6 Å². The molecule has 2 aromatic carbocycles. The van der Waals surface area contributed by atoms with E-state index in [0.717, 1.165) is 11.4 Å². The summed E-state index contributed by atoms with van der Waals surface area (Å²) in [6, 6.07) is 16.5. The molecule has 1 heterocycles. The van der Waals surface area contributed by atoms with Gasteiger partial charge in [0.05, 0.1) is 34.0 Å². The lowest BCUT2D eigenvalue weighted by Gasteiger charge is -2.11. The quantitative estimate of drug-likeness (QED) is 0.656. The molecule has 0 aliphatic heterocycles. The maximum absolute atomic E-state index is 12.8. The third-order valence-corrected chi connectivity index (χ3v) is 4.34. The minimum atomic E-state index is -0.374. The number of nitrogens with one attached hydrogen (secondary N) is 2. The second-order valence-electron chi connectivity index (χ2n) is 5.97. The van der Waals surface area contributed by atoms with Crippen molar-refractivity contribution in [1.82, 2.24) is 9.78 Å². The van der Waals surface area contributed by atoms with Crippen molar-refractivity contribution in [3.05, 3.63) is 71.5 Å². The number of hydrogen-bond acceptors (Lipinski definition) is 3. The highest BCUT2D eigenvalue weighted by Crippen LogP contribution is 2.24. The molecule has 0 saturated heterocycles. The topological polar surface area (TPSA) is 76.0 Å². The van der Waals surface area contributed by atoms with Crippen molar-refractivity contribution in [2.75, 3.05) is 16.5 Å². The van der Waals surface area contributed by atoms with Crippen molar-refractivity contribution < 1.29 is 9.59 Å². The summed E-state index contributed by atoms with van der Waals surface area (Å²) in [6.45, 7) is 3.73. The summed E-state index contributed by atoms with van der Waals surface area (Å²) in [7, 11) is 0. The summed E-state index contributed by atoms with van der Waals surface area (Å²) < 4.78 is 1.78. The van der Waals surface area contributed by atoms with Gasteiger partial charge in [0.2, 0.25) is 5.91 Å². The number of nitrogens with zero attached hydrogens (tertiary/aromatic N) is 2. The first kappa shape index (κ1) is 18.7. The normalized spacial score (nSPS) is 10.5. The van der Waals surface area contributed by atoms with Crippen LogP contribution in [0.5, 0.6) is 0 Å². The van der Waals surface area contributed by atoms with Crippen LogP contribution in [0.25, 0.3) is 5.69 Å². The second-order valence-corrected chi connectivity index (χ2v) is 6.24. The minimum Gasteiger partial charge on any atom is -0.324 e. The molecule has 0 unspecified atom stereocenters. The molecule has 0 spiro atoms. The maximum Gasteiger partial charge on any atom is 0.257 e. The standard InChI is InChI=1S/C20H19ClN4O2/c1-13-19(14(2)25(24-13)15-8-4-3-5-9-15)23-20(27)16-10-6-7-11-17(16)22-18(26)12-21/h3-11H,12H2,1-2H3,(H,22,26)(H,23,27). The summed E-state index contributed by atoms with van der Waals surface area (Å²) in [4.78, 5) is 24.4. The molecular weight excluding hydrogens is 364 g/mol. The van der Waals surface area contributed by atoms with Crippen LogP contribution in [-0.2, 0) is 4.79 Å². The molecule has 7 heteroatoms. The number of amides is 2. The lowest BCUT2D eigenvalue weighted by Crippen LogP contribution is -2.19. The van der Waals surface area contributed by atoms with E-state index in [-0.39, 0.29) is 17.7 Å². The minimum absolute atomic E-state index is 0.183. The van der Waals surface area contributed by atoms with Gasteiger partial charge in [-0.25, -0.2) is 4.68 Å². The van der Waals surface area contributed by atoms with Crippen LogP contribution in [0.4, 0.5) is 11.4 Å². The Morgan fingerprint density at radius 3 is 2.37 bits per heavy atom. The number of alkyl halides is 1. The van der Waals surface area contributed by atoms with E-state index < -0.39 is 0 Å². The summed E-state index contributed by atoms with van der Waals surface area (Å²) in [6.07, 6.45) is 0. The Morgan fingerprint density at radius 2 is 1.67 bits per heavy atom. The average Bonchev–Trinajstić information content (AvgIpc) is 2.97. The fraction of sp³-hybridized carbons (Fsp3) is 0.150. The zero-order valence-corrected chi connectivity index (χ0v) is 15.7. The van der Waals surface area contributed by atoms with Crippen molar-refractivity contribution in [2.24, 2.45) is 0 Å². The second kappa shape index (κ2) is 8.05. The number of anilines is 2. The van der Waals surface area contributed by atoms with E-state index in [2.05, 4.69) is 15.7 Å². The van der Waals surface area contributed by atoms with Crippen LogP contribution in [0, 0.1) is 13.8 Å². The molecule has 0 bridgehead atoms. The first-order chi connectivity index (χ1) is 13.0. The van der Waals surface area contributed by atoms with Crippen LogP contribution >= 0.6 is 11.6 Å². The van der Waals surface area contributed by atoms with E-state index in [1.54, 1.807) is 28.9 Å². The van der Waals surface area contributed by atoms with Gasteiger partial charge in [0.15, 0.2) is 0 Å². The molecule has 0 aliphatic carbocycles. The zero-order chi connectivity index (χ0) is 19.4. The Bertz CT molecular complexity index is 983. The molecule has 3 aromatic rings. The summed E-state index contributed by atoms with van der Waals surface area (Å²) in [5.41, 5.74) is 3.82. The van der Waals surface area contributed by atoms with Crippen LogP contribution in [0.2, 0.25) is 0 Å². The van der Waals surface area contributed by atoms with E-state index in [1.807, 2.05) is 44.2 Å². The van der Waals surface area contributed by atoms with E-state index in [1.165, 1.54) is 0 Å². The number of aryl methyl sites for hydroxylation is 1. The molecule has 0 fully saturated rings. The van der Waals surface area contributed by atoms with Crippen molar-refractivity contribution in [3.8, 4) is 5.69 Å². The fourth-order valence-electron chi connectivity index (χ4n) is 2.80. The number of rotatable bonds is 5. The summed E-state index contributed by atoms with van der Waals surface area (Å²) >= 11 is 5.54. The number of benzene rings is 2. The number of carbonyl (C=O) groups excluding carboxylic acids is 2. The van der Waals surface area contributed by atoms with Gasteiger partial charge in [0, 0.05) is 0 Å². The SMILES string of the molecule is Cc1nn(-c2ccccc2)c(C)c1NC(=O)c1ccccc1NC(=O)CCl. The molecule has 1 aromatic heterocycles. The lowest BCUT2D eigenvalue weighted by atomic mass is 10.1. The fourth-order valence-corrected chi connectivity index (χ4v) is 2.87. The molecule has 2 amide bonds. The van der Waals surface area contributed by atoms with E-state index >= 15 is 0 Å². The third kappa shape index (κ3) is 4.01. The van der Waals surface area contributed by atoms with Crippen LogP contribution in [0.15, 0.2) is 54.6 Å². The lowest BCUT2D eigenvalue weighted by molar-refractivity contribution is -0.113. The van der Waals surface area contributed by atoms with E-state index in [4.69, 9.17) is 11.6 Å². The molecule has 3 rings (SSSR count). The van der Waals surface area contributed by atoms with Gasteiger partial charge in [-0.05, 0) is 38.1 Å². The number of para-hydroxylation sites is 2. The van der Waals surface area contributed by atoms with Crippen molar-refractivity contribution >= 4 is 34.8 Å². The summed E-state index contributed by atoms with van der Waals surface area (Å²) in [5, 5.41) is 10.1. The molecule has 27 heavy (non-hydrogen) atoms. The van der Waals surface area contributed by atoms with Gasteiger partial charge in [-0.1, -0.05) is 30.3 Å². The third-order valence-electron chi connectivity index (χ3n) is 4.10. The smallest absolute Gasteiger partial charge is 0.257 e. The number of halogens is 1. The van der Waals surface area contributed by atoms with Gasteiger partial charge in [0.1, 0.15) is 5.88 Å². The van der Waals surface area contributed by atoms with Crippen LogP contribution in [-0.4, -0.2) is 27.5 Å². The van der Waals surface area contributed by atoms with E-state index in [9.17, 15) is 9.59 Å². The first-order valence-corrected chi connectivity index (χ1v) is 8.92. The maximum atomic E-state index is 12.8. The number of aromatic nitrogens is 2. The molecule has 0 radical (unpaired) electrons. The van der Waals surface area contributed by atoms with Crippen LogP contribution in [0.3, 0.4) is 0 Å². The Labute approximate surface area is 162 Å². The highest BCUT2D eigenvalue weighted by molar-refractivity contribution is 6.29. The Balaban J connectivity index is 1.90. The molecule has 138 valence electrons. The largest absolute Gasteiger partial charge is 0.324 e. The Kier molecular flexibility index (Phi) is 5.57. The van der Waals surface area contributed by atoms with Crippen LogP contribution < -0.4 is 10.6 Å². The number of carbonyl (C=O) groups is 2. The molecule has 6 nitrogen and oxygen atoms in total. The molecule has 2 N–H and O–H groups in total. The summed E-state index contributed by atoms with van der Waals surface area (Å²) in [5.74, 6) is -0.890. The van der Waals surface area contributed by atoms with Gasteiger partial charge in [-0.15, -0.1) is 11.6 Å². The molecule has 0 aliphatic rings. The van der Waals surface area contributed by atoms with Crippen molar-refractivity contribution in [3.63, 3.8) is 0 Å². The Morgan fingerprint density at radius 1 is 1.00 bits per heavy atom. The Hall–Kier alpha value is -3.12. The zero-order valence-electron chi connectivity index (χ0n) is 15.0. The van der Waals surface area contributed by atoms with Gasteiger partial charge >= 0.3 is 0 Å². The van der Waals surface area contributed by atoms with Crippen molar-refractivity contribution in [1.29, 1.82) is 0 Å². The first-order valence-electron chi connectivity index (χ1n) is 8.39.